The molecule has 0 unspecified atom stereocenters. The van der Waals surface area contributed by atoms with Crippen molar-refractivity contribution in [3.63, 3.8) is 0 Å². The van der Waals surface area contributed by atoms with Crippen molar-refractivity contribution in [3.8, 4) is 0 Å². The molecule has 3 rings (SSSR count). The maximum Gasteiger partial charge on any atom is 0.264 e. The van der Waals surface area contributed by atoms with Gasteiger partial charge in [0.2, 0.25) is 5.91 Å². The molecule has 1 aromatic heterocycles. The van der Waals surface area contributed by atoms with Crippen molar-refractivity contribution in [2.75, 3.05) is 0 Å². The van der Waals surface area contributed by atoms with Crippen molar-refractivity contribution < 1.29 is 9.59 Å². The number of nitrogens with zero attached hydrogens (tertiary/aromatic N) is 1. The largest absolute Gasteiger partial charge is 0.366 e. The molecule has 1 saturated carbocycles. The molecule has 7 heteroatoms. The van der Waals surface area contributed by atoms with Gasteiger partial charge in [0, 0.05) is 22.6 Å². The monoisotopic (exact) mass is 456 g/mol. The average Bonchev–Trinajstić information content (AvgIpc) is 3.31. The van der Waals surface area contributed by atoms with E-state index in [4.69, 9.17) is 5.73 Å². The number of carbonyl (C=O) groups is 2. The minimum atomic E-state index is -0.444. The normalized spacial score (nSPS) is 13.8. The molecule has 23 heavy (non-hydrogen) atoms. The van der Waals surface area contributed by atoms with Gasteiger partial charge in [-0.25, -0.2) is 0 Å². The van der Waals surface area contributed by atoms with Gasteiger partial charge in [-0.1, -0.05) is 12.1 Å². The van der Waals surface area contributed by atoms with Crippen molar-refractivity contribution in [1.29, 1.82) is 0 Å². The molecule has 1 aliphatic rings. The number of thiophene rings is 1. The molecular formula is C16H14Br2N2O2S. The number of carbonyl (C=O) groups excluding carboxylic acids is 2. The van der Waals surface area contributed by atoms with E-state index in [1.165, 1.54) is 11.3 Å². The fourth-order valence-corrected chi connectivity index (χ4v) is 4.31. The van der Waals surface area contributed by atoms with Gasteiger partial charge in [-0.2, -0.15) is 0 Å². The van der Waals surface area contributed by atoms with E-state index in [0.717, 1.165) is 26.7 Å². The molecule has 0 spiro atoms. The highest BCUT2D eigenvalue weighted by Gasteiger charge is 2.33. The third-order valence-corrected chi connectivity index (χ3v) is 6.94. The second-order valence-corrected chi connectivity index (χ2v) is 8.68. The Balaban J connectivity index is 1.79. The summed E-state index contributed by atoms with van der Waals surface area (Å²) in [6.45, 7) is 0.537. The van der Waals surface area contributed by atoms with Crippen LogP contribution in [-0.2, 0) is 6.54 Å². The first-order valence-corrected chi connectivity index (χ1v) is 9.50. The third-order valence-electron chi connectivity index (χ3n) is 3.70. The average molecular weight is 458 g/mol. The molecule has 1 fully saturated rings. The lowest BCUT2D eigenvalue weighted by Gasteiger charge is -2.22. The number of hydrogen-bond donors (Lipinski definition) is 1. The number of benzene rings is 1. The lowest BCUT2D eigenvalue weighted by atomic mass is 10.1. The Labute approximate surface area is 154 Å². The summed E-state index contributed by atoms with van der Waals surface area (Å²) in [5.74, 6) is -0.400. The molecule has 2 amide bonds. The van der Waals surface area contributed by atoms with Crippen LogP contribution >= 0.6 is 43.2 Å². The molecule has 1 aliphatic carbocycles. The summed E-state index contributed by atoms with van der Waals surface area (Å²) >= 11 is 8.29. The van der Waals surface area contributed by atoms with Crippen molar-refractivity contribution in [2.24, 2.45) is 5.73 Å². The van der Waals surface area contributed by atoms with Gasteiger partial charge in [-0.15, -0.1) is 11.3 Å². The minimum Gasteiger partial charge on any atom is -0.366 e. The molecule has 2 aromatic rings. The zero-order valence-electron chi connectivity index (χ0n) is 12.1. The second kappa shape index (κ2) is 6.75. The SMILES string of the molecule is NC(=O)c1ccc(CN(C(=O)c2cc(Br)c(Br)s2)C2CC2)cc1. The molecule has 0 radical (unpaired) electrons. The number of nitrogens with two attached hydrogens (primary N) is 1. The highest BCUT2D eigenvalue weighted by atomic mass is 79.9. The van der Waals surface area contributed by atoms with Crippen LogP contribution in [0.15, 0.2) is 38.6 Å². The van der Waals surface area contributed by atoms with Gasteiger partial charge < -0.3 is 10.6 Å². The van der Waals surface area contributed by atoms with Crippen LogP contribution in [0, 0.1) is 0 Å². The molecule has 2 N–H and O–H groups in total. The standard InChI is InChI=1S/C16H14Br2N2O2S/c17-12-7-13(23-14(12)18)16(22)20(11-5-6-11)8-9-1-3-10(4-2-9)15(19)21/h1-4,7,11H,5-6,8H2,(H2,19,21). The Hall–Kier alpha value is -1.18. The van der Waals surface area contributed by atoms with Crippen LogP contribution in [0.5, 0.6) is 0 Å². The lowest BCUT2D eigenvalue weighted by molar-refractivity contribution is 0.0734. The number of primary amides is 1. The van der Waals surface area contributed by atoms with Crippen LogP contribution in [0.1, 0.15) is 38.4 Å². The molecule has 0 bridgehead atoms. The summed E-state index contributed by atoms with van der Waals surface area (Å²) in [4.78, 5) is 26.5. The molecule has 1 aromatic carbocycles. The Morgan fingerprint density at radius 3 is 2.35 bits per heavy atom. The Kier molecular flexibility index (Phi) is 4.89. The van der Waals surface area contributed by atoms with Gasteiger partial charge in [0.1, 0.15) is 0 Å². The van der Waals surface area contributed by atoms with Gasteiger partial charge in [0.15, 0.2) is 0 Å². The molecule has 1 heterocycles. The molecular weight excluding hydrogens is 444 g/mol. The quantitative estimate of drug-likeness (QED) is 0.731. The maximum atomic E-state index is 12.8. The van der Waals surface area contributed by atoms with E-state index in [1.807, 2.05) is 23.1 Å². The summed E-state index contributed by atoms with van der Waals surface area (Å²) in [7, 11) is 0. The molecule has 0 saturated heterocycles. The van der Waals surface area contributed by atoms with Crippen LogP contribution in [0.3, 0.4) is 0 Å². The van der Waals surface area contributed by atoms with Gasteiger partial charge >= 0.3 is 0 Å². The lowest BCUT2D eigenvalue weighted by Crippen LogP contribution is -2.32. The first-order valence-electron chi connectivity index (χ1n) is 7.10. The van der Waals surface area contributed by atoms with E-state index in [-0.39, 0.29) is 5.91 Å². The Morgan fingerprint density at radius 1 is 1.22 bits per heavy atom. The Bertz CT molecular complexity index is 734. The topological polar surface area (TPSA) is 63.4 Å². The first-order chi connectivity index (χ1) is 11.0. The van der Waals surface area contributed by atoms with Crippen LogP contribution in [0.4, 0.5) is 0 Å². The van der Waals surface area contributed by atoms with Crippen molar-refractivity contribution in [2.45, 2.75) is 25.4 Å². The summed E-state index contributed by atoms with van der Waals surface area (Å²) in [6, 6.07) is 9.25. The number of halogens is 2. The predicted molar refractivity (Wildman–Crippen MR) is 97.6 cm³/mol. The van der Waals surface area contributed by atoms with Crippen LogP contribution < -0.4 is 5.73 Å². The summed E-state index contributed by atoms with van der Waals surface area (Å²) < 4.78 is 1.81. The molecule has 0 aliphatic heterocycles. The zero-order chi connectivity index (χ0) is 16.6. The fraction of sp³-hybridized carbons (Fsp3) is 0.250. The van der Waals surface area contributed by atoms with Gasteiger partial charge in [-0.3, -0.25) is 9.59 Å². The number of rotatable bonds is 5. The molecule has 4 nitrogen and oxygen atoms in total. The predicted octanol–water partition coefficient (Wildman–Crippen LogP) is 4.18. The molecule has 0 atom stereocenters. The van der Waals surface area contributed by atoms with E-state index in [0.29, 0.717) is 23.0 Å². The van der Waals surface area contributed by atoms with E-state index in [2.05, 4.69) is 31.9 Å². The van der Waals surface area contributed by atoms with E-state index >= 15 is 0 Å². The third kappa shape index (κ3) is 3.84. The van der Waals surface area contributed by atoms with Crippen molar-refractivity contribution >= 4 is 55.0 Å². The summed E-state index contributed by atoms with van der Waals surface area (Å²) in [5, 5.41) is 0. The molecule has 120 valence electrons. The van der Waals surface area contributed by atoms with Crippen LogP contribution in [0.2, 0.25) is 0 Å². The highest BCUT2D eigenvalue weighted by molar-refractivity contribution is 9.13. The van der Waals surface area contributed by atoms with Crippen LogP contribution in [-0.4, -0.2) is 22.8 Å². The maximum absolute atomic E-state index is 12.8. The number of amides is 2. The highest BCUT2D eigenvalue weighted by Crippen LogP contribution is 2.36. The summed E-state index contributed by atoms with van der Waals surface area (Å²) in [5.41, 5.74) is 6.72. The van der Waals surface area contributed by atoms with Crippen molar-refractivity contribution in [3.05, 3.63) is 54.6 Å². The van der Waals surface area contributed by atoms with Gasteiger partial charge in [0.25, 0.3) is 5.91 Å². The van der Waals surface area contributed by atoms with Crippen LogP contribution in [0.25, 0.3) is 0 Å². The van der Waals surface area contributed by atoms with Gasteiger partial charge in [-0.05, 0) is 68.5 Å². The number of hydrogen-bond acceptors (Lipinski definition) is 3. The van der Waals surface area contributed by atoms with E-state index in [1.54, 1.807) is 12.1 Å². The first kappa shape index (κ1) is 16.7. The van der Waals surface area contributed by atoms with Crippen molar-refractivity contribution in [1.82, 2.24) is 4.90 Å². The van der Waals surface area contributed by atoms with E-state index < -0.39 is 5.91 Å². The second-order valence-electron chi connectivity index (χ2n) is 5.46. The zero-order valence-corrected chi connectivity index (χ0v) is 16.1. The smallest absolute Gasteiger partial charge is 0.264 e. The summed E-state index contributed by atoms with van der Waals surface area (Å²) in [6.07, 6.45) is 2.08. The fourth-order valence-electron chi connectivity index (χ4n) is 2.32. The van der Waals surface area contributed by atoms with Gasteiger partial charge in [0.05, 0.1) is 8.66 Å². The Morgan fingerprint density at radius 2 is 1.87 bits per heavy atom. The van der Waals surface area contributed by atoms with E-state index in [9.17, 15) is 9.59 Å². The minimum absolute atomic E-state index is 0.0443.